The average molecular weight is 481 g/mol. The van der Waals surface area contributed by atoms with E-state index < -0.39 is 0 Å². The molecule has 4 rings (SSSR count). The van der Waals surface area contributed by atoms with E-state index in [1.807, 2.05) is 39.0 Å². The Kier molecular flexibility index (Phi) is 7.12. The van der Waals surface area contributed by atoms with Gasteiger partial charge in [0.1, 0.15) is 17.2 Å². The minimum absolute atomic E-state index is 0.0299. The fourth-order valence-electron chi connectivity index (χ4n) is 5.40. The van der Waals surface area contributed by atoms with Gasteiger partial charge in [0, 0.05) is 11.8 Å². The molecule has 0 radical (unpaired) electrons. The normalized spacial score (nSPS) is 12.2. The molecule has 1 unspecified atom stereocenters. The number of phenols is 3. The van der Waals surface area contributed by atoms with Gasteiger partial charge in [-0.05, 0) is 122 Å². The summed E-state index contributed by atoms with van der Waals surface area (Å²) in [6.07, 6.45) is 0.797. The number of rotatable bonds is 6. The molecule has 36 heavy (non-hydrogen) atoms. The summed E-state index contributed by atoms with van der Waals surface area (Å²) in [5.74, 6) is 1.03. The third-order valence-corrected chi connectivity index (χ3v) is 8.20. The molecular formula is C33H36O3. The first-order valence-corrected chi connectivity index (χ1v) is 12.5. The highest BCUT2D eigenvalue weighted by Gasteiger charge is 2.28. The van der Waals surface area contributed by atoms with Crippen molar-refractivity contribution in [1.29, 1.82) is 0 Å². The summed E-state index contributed by atoms with van der Waals surface area (Å²) in [6.45, 7) is 12.1. The molecule has 3 N–H and O–H groups in total. The zero-order valence-corrected chi connectivity index (χ0v) is 22.1. The fourth-order valence-corrected chi connectivity index (χ4v) is 5.40. The lowest BCUT2D eigenvalue weighted by atomic mass is 9.74. The largest absolute Gasteiger partial charge is 0.508 e. The highest BCUT2D eigenvalue weighted by molar-refractivity contribution is 5.53. The van der Waals surface area contributed by atoms with E-state index in [9.17, 15) is 15.3 Å². The summed E-state index contributed by atoms with van der Waals surface area (Å²) in [4.78, 5) is 0. The van der Waals surface area contributed by atoms with Crippen molar-refractivity contribution >= 4 is 0 Å². The predicted octanol–water partition coefficient (Wildman–Crippen LogP) is 8.01. The average Bonchev–Trinajstić information content (AvgIpc) is 2.87. The Morgan fingerprint density at radius 1 is 0.444 bits per heavy atom. The molecular weight excluding hydrogens is 444 g/mol. The molecule has 4 aromatic rings. The molecule has 1 atom stereocenters. The molecule has 0 spiro atoms. The van der Waals surface area contributed by atoms with E-state index in [2.05, 4.69) is 51.1 Å². The highest BCUT2D eigenvalue weighted by atomic mass is 16.3. The first kappa shape index (κ1) is 25.4. The maximum Gasteiger partial charge on any atom is 0.118 e. The van der Waals surface area contributed by atoms with Crippen LogP contribution in [0, 0.1) is 41.5 Å². The maximum atomic E-state index is 10.4. The van der Waals surface area contributed by atoms with Crippen molar-refractivity contribution in [1.82, 2.24) is 0 Å². The summed E-state index contributed by atoms with van der Waals surface area (Å²) in [5.41, 5.74) is 10.7. The highest BCUT2D eigenvalue weighted by Crippen LogP contribution is 2.44. The lowest BCUT2D eigenvalue weighted by Gasteiger charge is -2.30. The predicted molar refractivity (Wildman–Crippen MR) is 147 cm³/mol. The van der Waals surface area contributed by atoms with Crippen LogP contribution >= 0.6 is 0 Å². The molecule has 0 fully saturated rings. The van der Waals surface area contributed by atoms with Crippen LogP contribution < -0.4 is 0 Å². The lowest BCUT2D eigenvalue weighted by Crippen LogP contribution is -2.14. The van der Waals surface area contributed by atoms with Crippen LogP contribution in [-0.2, 0) is 0 Å². The number of hydrogen-bond donors (Lipinski definition) is 3. The number of aromatic hydroxyl groups is 3. The molecule has 0 amide bonds. The lowest BCUT2D eigenvalue weighted by molar-refractivity contribution is 0.469. The van der Waals surface area contributed by atoms with Crippen molar-refractivity contribution in [3.63, 3.8) is 0 Å². The summed E-state index contributed by atoms with van der Waals surface area (Å²) >= 11 is 0. The minimum Gasteiger partial charge on any atom is -0.508 e. The Balaban J connectivity index is 1.96. The van der Waals surface area contributed by atoms with Crippen LogP contribution in [0.2, 0.25) is 0 Å². The van der Waals surface area contributed by atoms with Crippen LogP contribution in [0.5, 0.6) is 17.2 Å². The van der Waals surface area contributed by atoms with E-state index in [1.54, 1.807) is 18.2 Å². The third-order valence-electron chi connectivity index (χ3n) is 8.20. The third kappa shape index (κ3) is 4.58. The summed E-state index contributed by atoms with van der Waals surface area (Å²) in [5, 5.41) is 31.1. The van der Waals surface area contributed by atoms with E-state index in [0.717, 1.165) is 39.8 Å². The van der Waals surface area contributed by atoms with Crippen LogP contribution in [0.1, 0.15) is 73.9 Å². The van der Waals surface area contributed by atoms with E-state index in [1.165, 1.54) is 22.3 Å². The van der Waals surface area contributed by atoms with Crippen molar-refractivity contribution in [2.75, 3.05) is 0 Å². The van der Waals surface area contributed by atoms with Gasteiger partial charge in [0.15, 0.2) is 0 Å². The van der Waals surface area contributed by atoms with Gasteiger partial charge in [-0.2, -0.15) is 0 Å². The summed E-state index contributed by atoms with van der Waals surface area (Å²) in [7, 11) is 0. The Bertz CT molecular complexity index is 1350. The molecule has 186 valence electrons. The Morgan fingerprint density at radius 3 is 1.19 bits per heavy atom. The summed E-state index contributed by atoms with van der Waals surface area (Å²) in [6, 6.07) is 22.1. The van der Waals surface area contributed by atoms with Crippen LogP contribution in [0.3, 0.4) is 0 Å². The van der Waals surface area contributed by atoms with E-state index in [-0.39, 0.29) is 11.8 Å². The molecule has 3 nitrogen and oxygen atoms in total. The Hall–Kier alpha value is -3.72. The van der Waals surface area contributed by atoms with Crippen LogP contribution in [-0.4, -0.2) is 15.3 Å². The zero-order valence-electron chi connectivity index (χ0n) is 22.1. The Morgan fingerprint density at radius 2 is 0.806 bits per heavy atom. The van der Waals surface area contributed by atoms with Gasteiger partial charge in [-0.25, -0.2) is 0 Å². The van der Waals surface area contributed by atoms with E-state index in [4.69, 9.17) is 0 Å². The number of benzene rings is 4. The topological polar surface area (TPSA) is 60.7 Å². The van der Waals surface area contributed by atoms with Gasteiger partial charge in [0.25, 0.3) is 0 Å². The molecule has 0 saturated carbocycles. The fraction of sp³-hybridized carbons (Fsp3) is 0.273. The van der Waals surface area contributed by atoms with Gasteiger partial charge in [-0.1, -0.05) is 48.5 Å². The van der Waals surface area contributed by atoms with Crippen molar-refractivity contribution in [2.24, 2.45) is 0 Å². The molecule has 4 aromatic carbocycles. The van der Waals surface area contributed by atoms with Gasteiger partial charge < -0.3 is 15.3 Å². The standard InChI is InChI=1S/C33H36O3/c1-19-22(4)31(34)15-12-26(19)29(25-10-8-7-9-11-25)18-30(27-13-16-32(35)23(5)20(27)2)28-14-17-33(36)24(6)21(28)3/h7-17,29-30,34-36H,18H2,1-6H3. The first-order valence-electron chi connectivity index (χ1n) is 12.5. The van der Waals surface area contributed by atoms with Gasteiger partial charge in [-0.3, -0.25) is 0 Å². The SMILES string of the molecule is Cc1c(O)ccc(C(CC(c2ccc(O)c(C)c2C)c2ccc(O)c(C)c2C)c2ccccc2)c1C. The van der Waals surface area contributed by atoms with Gasteiger partial charge in [-0.15, -0.1) is 0 Å². The number of hydrogen-bond acceptors (Lipinski definition) is 3. The molecule has 0 aliphatic heterocycles. The molecule has 0 aromatic heterocycles. The smallest absolute Gasteiger partial charge is 0.118 e. The molecule has 3 heteroatoms. The van der Waals surface area contributed by atoms with Crippen molar-refractivity contribution in [3.05, 3.63) is 122 Å². The molecule has 0 aliphatic carbocycles. The van der Waals surface area contributed by atoms with Gasteiger partial charge in [0.05, 0.1) is 0 Å². The first-order chi connectivity index (χ1) is 17.1. The van der Waals surface area contributed by atoms with Crippen LogP contribution in [0.25, 0.3) is 0 Å². The second-order valence-corrected chi connectivity index (χ2v) is 10.0. The van der Waals surface area contributed by atoms with Crippen LogP contribution in [0.4, 0.5) is 0 Å². The van der Waals surface area contributed by atoms with Crippen molar-refractivity contribution < 1.29 is 15.3 Å². The monoisotopic (exact) mass is 480 g/mol. The molecule has 0 heterocycles. The van der Waals surface area contributed by atoms with Crippen molar-refractivity contribution in [2.45, 2.75) is 59.8 Å². The maximum absolute atomic E-state index is 10.4. The van der Waals surface area contributed by atoms with E-state index >= 15 is 0 Å². The quantitative estimate of drug-likeness (QED) is 0.262. The van der Waals surface area contributed by atoms with Gasteiger partial charge >= 0.3 is 0 Å². The summed E-state index contributed by atoms with van der Waals surface area (Å²) < 4.78 is 0. The minimum atomic E-state index is 0.0299. The van der Waals surface area contributed by atoms with E-state index in [0.29, 0.717) is 17.2 Å². The molecule has 0 bridgehead atoms. The zero-order chi connectivity index (χ0) is 26.1. The Labute approximate surface area is 214 Å². The molecule has 0 saturated heterocycles. The van der Waals surface area contributed by atoms with Gasteiger partial charge in [0.2, 0.25) is 0 Å². The second kappa shape index (κ2) is 10.1. The number of phenolic OH excluding ortho intramolecular Hbond substituents is 3. The van der Waals surface area contributed by atoms with Crippen LogP contribution in [0.15, 0.2) is 66.7 Å². The molecule has 0 aliphatic rings. The second-order valence-electron chi connectivity index (χ2n) is 10.0. The van der Waals surface area contributed by atoms with Crippen molar-refractivity contribution in [3.8, 4) is 17.2 Å².